The number of aliphatic hydroxyl groups is 1. The lowest BCUT2D eigenvalue weighted by molar-refractivity contribution is 0.158. The molecule has 0 spiro atoms. The maximum Gasteiger partial charge on any atom is 0.151 e. The van der Waals surface area contributed by atoms with E-state index >= 15 is 0 Å². The fourth-order valence-corrected chi connectivity index (χ4v) is 3.44. The molecule has 0 aromatic carbocycles. The molecule has 2 atom stereocenters. The van der Waals surface area contributed by atoms with Crippen LogP contribution in [0.3, 0.4) is 0 Å². The van der Waals surface area contributed by atoms with E-state index in [4.69, 9.17) is 5.73 Å². The molecule has 2 aromatic rings. The number of fused-ring (bicyclic) bond motifs is 1. The minimum Gasteiger partial charge on any atom is -0.390 e. The van der Waals surface area contributed by atoms with Gasteiger partial charge in [0, 0.05) is 31.4 Å². The van der Waals surface area contributed by atoms with Crippen molar-refractivity contribution in [2.24, 2.45) is 5.92 Å². The molecule has 1 fully saturated rings. The van der Waals surface area contributed by atoms with Gasteiger partial charge in [-0.05, 0) is 0 Å². The summed E-state index contributed by atoms with van der Waals surface area (Å²) in [6, 6.07) is 0. The number of hydrogen-bond acceptors (Lipinski definition) is 5. The van der Waals surface area contributed by atoms with Crippen LogP contribution in [0.2, 0.25) is 19.6 Å². The van der Waals surface area contributed by atoms with E-state index in [2.05, 4.69) is 51.0 Å². The van der Waals surface area contributed by atoms with Crippen LogP contribution >= 0.6 is 0 Å². The Morgan fingerprint density at radius 2 is 2.17 bits per heavy atom. The average molecular weight is 329 g/mol. The topological polar surface area (TPSA) is 91.1 Å². The lowest BCUT2D eigenvalue weighted by Crippen LogP contribution is -2.21. The molecule has 6 nitrogen and oxygen atoms in total. The average Bonchev–Trinajstić information content (AvgIpc) is 3.02. The molecule has 0 aliphatic carbocycles. The van der Waals surface area contributed by atoms with E-state index in [0.29, 0.717) is 12.4 Å². The molecule has 0 amide bonds. The van der Waals surface area contributed by atoms with Crippen LogP contribution in [0, 0.1) is 17.4 Å². The molecular formula is C16H23N5OSi. The van der Waals surface area contributed by atoms with Gasteiger partial charge < -0.3 is 15.8 Å². The molecule has 1 aliphatic rings. The second-order valence-corrected chi connectivity index (χ2v) is 11.9. The fraction of sp³-hybridized carbons (Fsp3) is 0.500. The van der Waals surface area contributed by atoms with E-state index in [0.717, 1.165) is 29.7 Å². The molecule has 23 heavy (non-hydrogen) atoms. The van der Waals surface area contributed by atoms with Gasteiger partial charge in [-0.1, -0.05) is 19.6 Å². The molecule has 7 heteroatoms. The first-order chi connectivity index (χ1) is 10.8. The third kappa shape index (κ3) is 3.55. The molecule has 1 saturated heterocycles. The van der Waals surface area contributed by atoms with Crippen LogP contribution in [0.15, 0.2) is 12.5 Å². The maximum atomic E-state index is 10.3. The van der Waals surface area contributed by atoms with E-state index in [1.54, 1.807) is 0 Å². The summed E-state index contributed by atoms with van der Waals surface area (Å²) in [4.78, 5) is 13.7. The van der Waals surface area contributed by atoms with Gasteiger partial charge in [0.25, 0.3) is 0 Å². The molecule has 3 heterocycles. The van der Waals surface area contributed by atoms with Crippen molar-refractivity contribution in [1.82, 2.24) is 19.9 Å². The van der Waals surface area contributed by atoms with Gasteiger partial charge >= 0.3 is 0 Å². The number of nitrogens with one attached hydrogen (secondary N) is 1. The third-order valence-corrected chi connectivity index (χ3v) is 4.86. The summed E-state index contributed by atoms with van der Waals surface area (Å²) in [6.07, 6.45) is 3.02. The first-order valence-electron chi connectivity index (χ1n) is 7.83. The number of aromatic amines is 1. The number of β-amino-alcohol motifs (C(OH)–C–C–N with tert-alkyl or cyclic N) is 1. The number of nitrogen functional groups attached to an aromatic ring is 1. The number of aliphatic hydroxyl groups excluding tert-OH is 1. The van der Waals surface area contributed by atoms with Crippen molar-refractivity contribution in [3.8, 4) is 11.5 Å². The molecule has 122 valence electrons. The highest BCUT2D eigenvalue weighted by molar-refractivity contribution is 6.83. The number of aromatic nitrogens is 3. The van der Waals surface area contributed by atoms with Gasteiger partial charge in [0.1, 0.15) is 19.9 Å². The van der Waals surface area contributed by atoms with Gasteiger partial charge in [-0.25, -0.2) is 9.97 Å². The Hall–Kier alpha value is -1.88. The fourth-order valence-electron chi connectivity index (χ4n) is 2.82. The first-order valence-corrected chi connectivity index (χ1v) is 11.3. The smallest absolute Gasteiger partial charge is 0.151 e. The first kappa shape index (κ1) is 16.0. The minimum absolute atomic E-state index is 0.0339. The highest BCUT2D eigenvalue weighted by atomic mass is 28.3. The predicted molar refractivity (Wildman–Crippen MR) is 94.2 cm³/mol. The molecule has 0 bridgehead atoms. The van der Waals surface area contributed by atoms with Crippen LogP contribution in [0.5, 0.6) is 0 Å². The second-order valence-electron chi connectivity index (χ2n) is 7.18. The molecule has 2 aromatic heterocycles. The quantitative estimate of drug-likeness (QED) is 0.569. The van der Waals surface area contributed by atoms with Gasteiger partial charge in [0.2, 0.25) is 0 Å². The van der Waals surface area contributed by atoms with Crippen molar-refractivity contribution >= 4 is 24.9 Å². The molecular weight excluding hydrogens is 306 g/mol. The summed E-state index contributed by atoms with van der Waals surface area (Å²) in [6.45, 7) is 8.79. The van der Waals surface area contributed by atoms with Crippen LogP contribution in [0.1, 0.15) is 5.56 Å². The molecule has 0 saturated carbocycles. The van der Waals surface area contributed by atoms with Crippen LogP contribution in [0.4, 0.5) is 5.82 Å². The monoisotopic (exact) mass is 329 g/mol. The summed E-state index contributed by atoms with van der Waals surface area (Å²) in [5, 5.41) is 10.3. The van der Waals surface area contributed by atoms with Crippen molar-refractivity contribution in [2.75, 3.05) is 18.8 Å². The number of likely N-dealkylation sites (tertiary alicyclic amines) is 1. The van der Waals surface area contributed by atoms with E-state index < -0.39 is 8.07 Å². The molecule has 0 unspecified atom stereocenters. The number of hydrogen-bond donors (Lipinski definition) is 3. The Labute approximate surface area is 137 Å². The van der Waals surface area contributed by atoms with E-state index in [9.17, 15) is 5.11 Å². The number of anilines is 1. The van der Waals surface area contributed by atoms with Gasteiger partial charge in [0.15, 0.2) is 5.82 Å². The normalized spacial score (nSPS) is 22.3. The predicted octanol–water partition coefficient (Wildman–Crippen LogP) is 1.21. The zero-order valence-corrected chi connectivity index (χ0v) is 14.8. The van der Waals surface area contributed by atoms with Crippen LogP contribution in [-0.4, -0.2) is 52.2 Å². The van der Waals surface area contributed by atoms with E-state index in [1.807, 2.05) is 6.20 Å². The molecule has 3 rings (SSSR count). The summed E-state index contributed by atoms with van der Waals surface area (Å²) in [7, 11) is -1.41. The van der Waals surface area contributed by atoms with E-state index in [1.165, 1.54) is 6.33 Å². The lowest BCUT2D eigenvalue weighted by atomic mass is 10.1. The summed E-state index contributed by atoms with van der Waals surface area (Å²) < 4.78 is 0. The number of H-pyrrole nitrogens is 1. The van der Waals surface area contributed by atoms with Crippen molar-refractivity contribution in [3.63, 3.8) is 0 Å². The third-order valence-electron chi connectivity index (χ3n) is 3.96. The zero-order chi connectivity index (χ0) is 16.6. The molecule has 4 N–H and O–H groups in total. The number of rotatable bonds is 2. The van der Waals surface area contributed by atoms with Gasteiger partial charge in [0.05, 0.1) is 17.5 Å². The second kappa shape index (κ2) is 5.96. The molecule has 1 aliphatic heterocycles. The van der Waals surface area contributed by atoms with Crippen molar-refractivity contribution in [2.45, 2.75) is 32.3 Å². The Balaban J connectivity index is 1.74. The Bertz CT molecular complexity index is 770. The zero-order valence-electron chi connectivity index (χ0n) is 13.8. The van der Waals surface area contributed by atoms with Gasteiger partial charge in [-0.2, -0.15) is 0 Å². The number of nitrogens with zero attached hydrogens (tertiary/aromatic N) is 3. The highest BCUT2D eigenvalue weighted by Gasteiger charge is 2.30. The highest BCUT2D eigenvalue weighted by Crippen LogP contribution is 2.24. The van der Waals surface area contributed by atoms with Crippen molar-refractivity contribution in [1.29, 1.82) is 0 Å². The van der Waals surface area contributed by atoms with Crippen LogP contribution in [0.25, 0.3) is 11.0 Å². The van der Waals surface area contributed by atoms with Crippen LogP contribution < -0.4 is 5.73 Å². The SMILES string of the molecule is C[Si](C)(C)C#C[C@H]1CN(Cc2c[nH]c3c(N)ncnc23)C[C@@H]1O. The van der Waals surface area contributed by atoms with Gasteiger partial charge in [-0.3, -0.25) is 4.90 Å². The standard InChI is InChI=1S/C16H23N5OSi/c1-23(2,3)5-4-11-7-21(9-13(11)22)8-12-6-18-15-14(12)19-10-20-16(15)17/h6,10-11,13,18,22H,7-9H2,1-3H3,(H2,17,19,20)/t11-,13-/m0/s1. The Morgan fingerprint density at radius 3 is 2.91 bits per heavy atom. The molecule has 0 radical (unpaired) electrons. The minimum atomic E-state index is -1.41. The van der Waals surface area contributed by atoms with Gasteiger partial charge in [-0.15, -0.1) is 11.5 Å². The van der Waals surface area contributed by atoms with E-state index in [-0.39, 0.29) is 12.0 Å². The summed E-state index contributed by atoms with van der Waals surface area (Å²) in [5.41, 5.74) is 11.9. The Kier molecular flexibility index (Phi) is 4.15. The summed E-state index contributed by atoms with van der Waals surface area (Å²) in [5.74, 6) is 3.79. The van der Waals surface area contributed by atoms with Crippen LogP contribution in [-0.2, 0) is 6.54 Å². The summed E-state index contributed by atoms with van der Waals surface area (Å²) >= 11 is 0. The largest absolute Gasteiger partial charge is 0.390 e. The Morgan fingerprint density at radius 1 is 1.39 bits per heavy atom. The maximum absolute atomic E-state index is 10.3. The number of nitrogens with two attached hydrogens (primary N) is 1. The van der Waals surface area contributed by atoms with Crippen molar-refractivity contribution < 1.29 is 5.11 Å². The lowest BCUT2D eigenvalue weighted by Gasteiger charge is -2.13. The van der Waals surface area contributed by atoms with Crippen molar-refractivity contribution in [3.05, 3.63) is 18.1 Å².